The van der Waals surface area contributed by atoms with Gasteiger partial charge in [0.15, 0.2) is 0 Å². The Morgan fingerprint density at radius 3 is 2.73 bits per heavy atom. The topological polar surface area (TPSA) is 92.4 Å². The molecule has 0 heterocycles. The summed E-state index contributed by atoms with van der Waals surface area (Å²) in [7, 11) is -3.87. The van der Waals surface area contributed by atoms with Crippen LogP contribution in [0.3, 0.4) is 0 Å². The summed E-state index contributed by atoms with van der Waals surface area (Å²) in [5.41, 5.74) is 7.22. The first-order chi connectivity index (χ1) is 6.97. The van der Waals surface area contributed by atoms with Crippen LogP contribution in [0.25, 0.3) is 0 Å². The monoisotopic (exact) mass is 230 g/mol. The first kappa shape index (κ1) is 12.0. The maximum absolute atomic E-state index is 10.4. The number of nitrogens with two attached hydrogens (primary N) is 1. The highest BCUT2D eigenvalue weighted by Gasteiger charge is 2.02. The fourth-order valence-corrected chi connectivity index (χ4v) is 1.54. The van der Waals surface area contributed by atoms with Gasteiger partial charge in [0.25, 0.3) is 10.1 Å². The van der Waals surface area contributed by atoms with Crippen molar-refractivity contribution in [1.29, 1.82) is 0 Å². The van der Waals surface area contributed by atoms with E-state index in [-0.39, 0.29) is 12.3 Å². The van der Waals surface area contributed by atoms with Crippen molar-refractivity contribution in [2.75, 3.05) is 18.0 Å². The van der Waals surface area contributed by atoms with Crippen molar-refractivity contribution >= 4 is 15.8 Å². The summed E-state index contributed by atoms with van der Waals surface area (Å²) in [6.45, 7) is 0.744. The molecule has 0 spiro atoms. The molecule has 0 aliphatic rings. The standard InChI is InChI=1S/C9H14N2O3S/c10-9-3-1-2-8(6-9)7-11-4-5-15(12,13)14/h1-3,6,11H,4-5,7,10H2,(H,12,13,14). The average molecular weight is 230 g/mol. The molecule has 0 saturated heterocycles. The third-order valence-electron chi connectivity index (χ3n) is 1.82. The SMILES string of the molecule is Nc1cccc(CNCCS(=O)(=O)O)c1. The number of rotatable bonds is 5. The quantitative estimate of drug-likeness (QED) is 0.383. The van der Waals surface area contributed by atoms with E-state index in [2.05, 4.69) is 5.32 Å². The molecule has 0 aliphatic carbocycles. The molecule has 0 aromatic heterocycles. The fourth-order valence-electron chi connectivity index (χ4n) is 1.14. The van der Waals surface area contributed by atoms with E-state index in [4.69, 9.17) is 10.3 Å². The minimum absolute atomic E-state index is 0.216. The number of anilines is 1. The molecule has 5 nitrogen and oxygen atoms in total. The van der Waals surface area contributed by atoms with Gasteiger partial charge in [0, 0.05) is 18.8 Å². The predicted octanol–water partition coefficient (Wildman–Crippen LogP) is 0.246. The Balaban J connectivity index is 2.32. The predicted molar refractivity (Wildman–Crippen MR) is 59.0 cm³/mol. The molecule has 1 aromatic rings. The zero-order valence-electron chi connectivity index (χ0n) is 8.18. The molecular weight excluding hydrogens is 216 g/mol. The second kappa shape index (κ2) is 5.11. The van der Waals surface area contributed by atoms with Crippen LogP contribution < -0.4 is 11.1 Å². The van der Waals surface area contributed by atoms with Crippen LogP contribution in [0.4, 0.5) is 5.69 Å². The van der Waals surface area contributed by atoms with E-state index in [1.807, 2.05) is 12.1 Å². The van der Waals surface area contributed by atoms with Gasteiger partial charge in [0.1, 0.15) is 0 Å². The summed E-state index contributed by atoms with van der Waals surface area (Å²) in [5.74, 6) is -0.282. The summed E-state index contributed by atoms with van der Waals surface area (Å²) in [4.78, 5) is 0. The molecule has 6 heteroatoms. The van der Waals surface area contributed by atoms with Crippen LogP contribution >= 0.6 is 0 Å². The maximum atomic E-state index is 10.4. The molecule has 0 atom stereocenters. The van der Waals surface area contributed by atoms with Gasteiger partial charge in [-0.15, -0.1) is 0 Å². The molecule has 0 bridgehead atoms. The normalized spacial score (nSPS) is 11.5. The summed E-state index contributed by atoms with van der Waals surface area (Å²) < 4.78 is 29.3. The van der Waals surface area contributed by atoms with Crippen LogP contribution in [0, 0.1) is 0 Å². The van der Waals surface area contributed by atoms with Crippen molar-refractivity contribution in [3.63, 3.8) is 0 Å². The van der Waals surface area contributed by atoms with Gasteiger partial charge >= 0.3 is 0 Å². The summed E-state index contributed by atoms with van der Waals surface area (Å²) >= 11 is 0. The molecule has 15 heavy (non-hydrogen) atoms. The lowest BCUT2D eigenvalue weighted by Crippen LogP contribution is -2.22. The van der Waals surface area contributed by atoms with Gasteiger partial charge in [-0.25, -0.2) is 0 Å². The molecule has 0 unspecified atom stereocenters. The zero-order valence-corrected chi connectivity index (χ0v) is 9.00. The smallest absolute Gasteiger partial charge is 0.266 e. The van der Waals surface area contributed by atoms with Crippen molar-refractivity contribution in [2.24, 2.45) is 0 Å². The van der Waals surface area contributed by atoms with Crippen molar-refractivity contribution in [1.82, 2.24) is 5.32 Å². The summed E-state index contributed by atoms with van der Waals surface area (Å²) in [6.07, 6.45) is 0. The first-order valence-electron chi connectivity index (χ1n) is 4.48. The lowest BCUT2D eigenvalue weighted by molar-refractivity contribution is 0.480. The zero-order chi connectivity index (χ0) is 11.3. The average Bonchev–Trinajstić information content (AvgIpc) is 2.11. The Kier molecular flexibility index (Phi) is 4.07. The van der Waals surface area contributed by atoms with Crippen LogP contribution in [0.15, 0.2) is 24.3 Å². The summed E-state index contributed by atoms with van der Waals surface area (Å²) in [5, 5.41) is 2.89. The lowest BCUT2D eigenvalue weighted by atomic mass is 10.2. The van der Waals surface area contributed by atoms with Crippen LogP contribution in [-0.4, -0.2) is 25.3 Å². The van der Waals surface area contributed by atoms with E-state index < -0.39 is 10.1 Å². The van der Waals surface area contributed by atoms with Gasteiger partial charge in [-0.05, 0) is 17.7 Å². The molecular formula is C9H14N2O3S. The number of nitrogens with one attached hydrogen (secondary N) is 1. The highest BCUT2D eigenvalue weighted by Crippen LogP contribution is 2.05. The Bertz CT molecular complexity index is 417. The fraction of sp³-hybridized carbons (Fsp3) is 0.333. The second-order valence-electron chi connectivity index (χ2n) is 3.21. The summed E-state index contributed by atoms with van der Waals surface area (Å²) in [6, 6.07) is 7.30. The molecule has 84 valence electrons. The third kappa shape index (κ3) is 5.36. The Labute approximate surface area is 89.0 Å². The van der Waals surface area contributed by atoms with Crippen LogP contribution in [0.5, 0.6) is 0 Å². The number of hydrogen-bond acceptors (Lipinski definition) is 4. The highest BCUT2D eigenvalue weighted by atomic mass is 32.2. The van der Waals surface area contributed by atoms with Gasteiger partial charge in [-0.1, -0.05) is 12.1 Å². The Morgan fingerprint density at radius 2 is 2.13 bits per heavy atom. The minimum atomic E-state index is -3.87. The number of nitrogen functional groups attached to an aromatic ring is 1. The van der Waals surface area contributed by atoms with E-state index >= 15 is 0 Å². The molecule has 4 N–H and O–H groups in total. The van der Waals surface area contributed by atoms with E-state index in [9.17, 15) is 8.42 Å². The molecule has 0 saturated carbocycles. The maximum Gasteiger partial charge on any atom is 0.266 e. The van der Waals surface area contributed by atoms with Gasteiger partial charge in [-0.2, -0.15) is 8.42 Å². The van der Waals surface area contributed by atoms with Crippen LogP contribution in [-0.2, 0) is 16.7 Å². The van der Waals surface area contributed by atoms with Crippen molar-refractivity contribution in [2.45, 2.75) is 6.54 Å². The third-order valence-corrected chi connectivity index (χ3v) is 2.54. The van der Waals surface area contributed by atoms with Crippen molar-refractivity contribution in [3.05, 3.63) is 29.8 Å². The lowest BCUT2D eigenvalue weighted by Gasteiger charge is -2.04. The van der Waals surface area contributed by atoms with E-state index in [1.54, 1.807) is 12.1 Å². The minimum Gasteiger partial charge on any atom is -0.399 e. The molecule has 1 aromatic carbocycles. The van der Waals surface area contributed by atoms with E-state index in [1.165, 1.54) is 0 Å². The van der Waals surface area contributed by atoms with Crippen LogP contribution in [0.1, 0.15) is 5.56 Å². The largest absolute Gasteiger partial charge is 0.399 e. The van der Waals surface area contributed by atoms with E-state index in [0.29, 0.717) is 12.2 Å². The van der Waals surface area contributed by atoms with Gasteiger partial charge in [-0.3, -0.25) is 4.55 Å². The van der Waals surface area contributed by atoms with E-state index in [0.717, 1.165) is 5.56 Å². The molecule has 0 amide bonds. The Hall–Kier alpha value is -1.11. The van der Waals surface area contributed by atoms with Crippen molar-refractivity contribution < 1.29 is 13.0 Å². The second-order valence-corrected chi connectivity index (χ2v) is 4.78. The molecule has 0 aliphatic heterocycles. The molecule has 0 radical (unpaired) electrons. The molecule has 0 fully saturated rings. The Morgan fingerprint density at radius 1 is 1.40 bits per heavy atom. The van der Waals surface area contributed by atoms with Crippen LogP contribution in [0.2, 0.25) is 0 Å². The molecule has 1 rings (SSSR count). The van der Waals surface area contributed by atoms with Gasteiger partial charge in [0.05, 0.1) is 5.75 Å². The first-order valence-corrected chi connectivity index (χ1v) is 6.08. The highest BCUT2D eigenvalue weighted by molar-refractivity contribution is 7.85. The van der Waals surface area contributed by atoms with Gasteiger partial charge < -0.3 is 11.1 Å². The number of hydrogen-bond donors (Lipinski definition) is 3. The number of benzene rings is 1. The van der Waals surface area contributed by atoms with Crippen molar-refractivity contribution in [3.8, 4) is 0 Å². The van der Waals surface area contributed by atoms with Gasteiger partial charge in [0.2, 0.25) is 0 Å².